The monoisotopic (exact) mass is 2250 g/mol. The molecule has 0 unspecified atom stereocenters. The van der Waals surface area contributed by atoms with Gasteiger partial charge in [-0.05, 0) is 131 Å². The van der Waals surface area contributed by atoms with Gasteiger partial charge in [0.1, 0.15) is 0 Å². The zero-order valence-electron chi connectivity index (χ0n) is 61.2. The zero-order chi connectivity index (χ0) is 82.5. The van der Waals surface area contributed by atoms with Crippen molar-refractivity contribution >= 4 is 114 Å². The van der Waals surface area contributed by atoms with Gasteiger partial charge >= 0.3 is 114 Å². The van der Waals surface area contributed by atoms with Gasteiger partial charge in [-0.15, -0.1) is 48.8 Å². The van der Waals surface area contributed by atoms with E-state index >= 15 is 0 Å². The minimum absolute atomic E-state index is 0. The van der Waals surface area contributed by atoms with E-state index in [0.717, 1.165) is 113 Å². The number of halogens is 9. The SMILES string of the molecule is Cc1cc(-c2ccccc2)c2ccc3c(-c4ccccc4)cc(C)nc3c2n1.Cl.Cl.FC(F)(F)c1cccc(-c2cc(-c3ccccc3)c3ccc4c(-c5ccccc5)cc(-c5cccc(C(F)(F)F)c5)nc4c3n2)c1.I.[C-]#[O+].[C-]#[O+].[C-]#[O+].[C-]#[O+].[C-]#[O+].[C-]#[O+].[C-]#[O+].[C-]#[O+].[C-]#[O+].[Re].[Re].[Re].c1ccc2nc(-c3ccc4ccccc4n3)ccc2c1. The van der Waals surface area contributed by atoms with Crippen molar-refractivity contribution in [3.05, 3.63) is 374 Å². The van der Waals surface area contributed by atoms with E-state index in [1.165, 1.54) is 34.4 Å². The first-order chi connectivity index (χ1) is 54.7. The van der Waals surface area contributed by atoms with E-state index < -0.39 is 23.5 Å². The van der Waals surface area contributed by atoms with Crippen LogP contribution >= 0.6 is 48.8 Å². The predicted molar refractivity (Wildman–Crippen MR) is 434 cm³/mol. The Morgan fingerprint density at radius 3 is 0.746 bits per heavy atom. The van der Waals surface area contributed by atoms with Gasteiger partial charge in [0.05, 0.1) is 67.0 Å². The summed E-state index contributed by atoms with van der Waals surface area (Å²) in [5.74, 6) is 0. The molecule has 0 fully saturated rings. The number of fused-ring (bicyclic) bond motifs is 8. The smallest absolute Gasteiger partial charge is 0.0894 e. The summed E-state index contributed by atoms with van der Waals surface area (Å²) in [5, 5.41) is 5.97. The van der Waals surface area contributed by atoms with Gasteiger partial charge in [0.15, 0.2) is 0 Å². The minimum Gasteiger partial charge on any atom is -0.246 e. The summed E-state index contributed by atoms with van der Waals surface area (Å²) in [6.07, 6.45) is -9.10. The molecule has 0 N–H and O–H groups in total. The van der Waals surface area contributed by atoms with Gasteiger partial charge in [-0.2, -0.15) is 26.3 Å². The van der Waals surface area contributed by atoms with Gasteiger partial charge in [-0.25, -0.2) is 19.9 Å². The molecule has 0 aliphatic carbocycles. The molecule has 0 aliphatic heterocycles. The van der Waals surface area contributed by atoms with Crippen LogP contribution in [0.1, 0.15) is 22.5 Å². The predicted octanol–water partition coefficient (Wildman–Crippen LogP) is 23.8. The van der Waals surface area contributed by atoms with E-state index in [1.54, 1.807) is 24.3 Å². The van der Waals surface area contributed by atoms with E-state index in [0.29, 0.717) is 33.2 Å². The Morgan fingerprint density at radius 2 is 0.475 bits per heavy atom. The van der Waals surface area contributed by atoms with Crippen molar-refractivity contribution in [1.82, 2.24) is 29.9 Å². The molecule has 27 heteroatoms. The molecule has 6 aromatic heterocycles. The summed E-state index contributed by atoms with van der Waals surface area (Å²) < 4.78 is 150. The average Bonchev–Trinajstić information content (AvgIpc) is 0.834. The Bertz CT molecular complexity index is 5650. The van der Waals surface area contributed by atoms with E-state index in [-0.39, 0.29) is 121 Å². The molecule has 0 atom stereocenters. The number of hydrogen-bond donors (Lipinski definition) is 0. The van der Waals surface area contributed by atoms with Crippen molar-refractivity contribution in [3.63, 3.8) is 0 Å². The number of nitrogens with zero attached hydrogens (tertiary/aromatic N) is 6. The molecule has 0 saturated heterocycles. The molecule has 15 nitrogen and oxygen atoms in total. The molecule has 0 aliphatic rings. The molecule has 589 valence electrons. The second-order valence-corrected chi connectivity index (χ2v) is 22.8. The van der Waals surface area contributed by atoms with Crippen molar-refractivity contribution in [2.24, 2.45) is 0 Å². The topological polar surface area (TPSA) is 256 Å². The fraction of sp³-hybridized carbons (Fsp3) is 0.0440. The third-order valence-electron chi connectivity index (χ3n) is 16.5. The Kier molecular flexibility index (Phi) is 51.6. The van der Waals surface area contributed by atoms with Gasteiger partial charge in [-0.1, -0.05) is 218 Å². The molecule has 6 heterocycles. The van der Waals surface area contributed by atoms with Crippen LogP contribution in [-0.2, 0) is 115 Å². The van der Waals surface area contributed by atoms with E-state index in [2.05, 4.69) is 181 Å². The maximum atomic E-state index is 13.7. The van der Waals surface area contributed by atoms with Crippen molar-refractivity contribution in [3.8, 4) is 78.4 Å². The normalized spacial score (nSPS) is 9.41. The fourth-order valence-electron chi connectivity index (χ4n) is 12.1. The molecule has 16 rings (SSSR count). The number of aromatic nitrogens is 6. The summed E-state index contributed by atoms with van der Waals surface area (Å²) in [4.78, 5) is 29.0. The van der Waals surface area contributed by atoms with Gasteiger partial charge < -0.3 is 0 Å². The number of para-hydroxylation sites is 2. The van der Waals surface area contributed by atoms with Crippen LogP contribution in [0.2, 0.25) is 0 Å². The first-order valence-electron chi connectivity index (χ1n) is 32.3. The number of rotatable bonds is 7. The Balaban J connectivity index is 0. The summed E-state index contributed by atoms with van der Waals surface area (Å²) in [5.41, 5.74) is 16.0. The molecule has 16 aromatic rings. The van der Waals surface area contributed by atoms with Gasteiger partial charge in [-0.3, -0.25) is 9.97 Å². The summed E-state index contributed by atoms with van der Waals surface area (Å²) >= 11 is 0. The van der Waals surface area contributed by atoms with Crippen LogP contribution in [0, 0.1) is 73.7 Å². The number of benzene rings is 10. The first-order valence-corrected chi connectivity index (χ1v) is 32.3. The number of alkyl halides is 6. The maximum absolute atomic E-state index is 13.7. The van der Waals surface area contributed by atoms with Crippen LogP contribution in [-0.4, -0.2) is 29.9 Å². The molecule has 0 spiro atoms. The van der Waals surface area contributed by atoms with E-state index in [9.17, 15) is 26.3 Å². The van der Waals surface area contributed by atoms with Crippen LogP contribution in [0.5, 0.6) is 0 Å². The third kappa shape index (κ3) is 27.7. The molecular weight excluding hydrogens is 2190 g/mol. The summed E-state index contributed by atoms with van der Waals surface area (Å²) in [6, 6.07) is 90.3. The quantitative estimate of drug-likeness (QED) is 0.0492. The Hall–Kier alpha value is -10.8. The maximum Gasteiger partial charge on any atom is 0.0894 e. The van der Waals surface area contributed by atoms with Crippen LogP contribution in [0.3, 0.4) is 0 Å². The first kappa shape index (κ1) is 109. The largest absolute Gasteiger partial charge is 0.246 e. The van der Waals surface area contributed by atoms with Crippen molar-refractivity contribution in [1.29, 1.82) is 0 Å². The van der Waals surface area contributed by atoms with Gasteiger partial charge in [0, 0.05) is 116 Å². The molecule has 0 saturated carbocycles. The van der Waals surface area contributed by atoms with Crippen molar-refractivity contribution in [2.45, 2.75) is 26.2 Å². The van der Waals surface area contributed by atoms with Gasteiger partial charge in [0.2, 0.25) is 0 Å². The zero-order valence-corrected chi connectivity index (χ0v) is 73.3. The van der Waals surface area contributed by atoms with Crippen LogP contribution in [0.4, 0.5) is 26.3 Å². The summed E-state index contributed by atoms with van der Waals surface area (Å²) in [7, 11) is 0. The molecule has 10 aromatic carbocycles. The van der Waals surface area contributed by atoms with E-state index in [4.69, 9.17) is 61.8 Å². The van der Waals surface area contributed by atoms with Crippen LogP contribution in [0.15, 0.2) is 291 Å². The molecule has 118 heavy (non-hydrogen) atoms. The molecule has 3 radical (unpaired) electrons. The van der Waals surface area contributed by atoms with Crippen molar-refractivity contribution < 1.29 is 129 Å². The molecule has 0 amide bonds. The van der Waals surface area contributed by atoms with Crippen LogP contribution in [0.25, 0.3) is 144 Å². The van der Waals surface area contributed by atoms with Crippen molar-refractivity contribution in [2.75, 3.05) is 0 Å². The van der Waals surface area contributed by atoms with Crippen LogP contribution < -0.4 is 0 Å². The molecule has 0 bridgehead atoms. The average molecular weight is 2250 g/mol. The molecular formula is C91H57Cl2F6IN6O9Re3. The standard InChI is InChI=1S/C38H22F6N2.C26H20N2.C18H12N2.9CO.2ClH.HI.3Re/c39-37(40,41)27-15-7-13-25(19-27)33-21-31(23-9-3-1-4-10-23)29-17-18-30-32(24-11-5-2-6-12-24)22-34(46-36(30)35(29)45-33)26-14-8-16-28(20-26)38(42,43)44;1-17-15-23(19-9-5-3-6-10-19)21-13-14-22-24(20-11-7-4-8-12-20)16-18(2)28-26(22)25(21)27-17;1-3-7-15-13(5-1)9-11-17(19-15)18-12-10-14-6-2-4-8-16(14)20-18;9*1-2;;;;;;/h1-22H;3-16H,1-2H3;1-12H;;;;;;;;;;3*1H;;;. The number of hydrogen-bond acceptors (Lipinski definition) is 6. The second-order valence-electron chi connectivity index (χ2n) is 22.8. The number of aryl methyl sites for hydroxylation is 2. The second kappa shape index (κ2) is 55.7. The number of pyridine rings is 6. The summed E-state index contributed by atoms with van der Waals surface area (Å²) in [6.45, 7) is 44.6. The van der Waals surface area contributed by atoms with Gasteiger partial charge in [0.25, 0.3) is 0 Å². The Labute approximate surface area is 745 Å². The third-order valence-corrected chi connectivity index (χ3v) is 16.5. The Morgan fingerprint density at radius 1 is 0.237 bits per heavy atom. The minimum atomic E-state index is -4.55. The fourth-order valence-corrected chi connectivity index (χ4v) is 12.1. The van der Waals surface area contributed by atoms with E-state index in [1.807, 2.05) is 133 Å².